The molecule has 0 aliphatic heterocycles. The van der Waals surface area contributed by atoms with E-state index in [1.54, 1.807) is 34.6 Å². The van der Waals surface area contributed by atoms with Crippen molar-refractivity contribution in [3.05, 3.63) is 80.5 Å². The molecule has 0 spiro atoms. The van der Waals surface area contributed by atoms with Crippen LogP contribution >= 0.6 is 0 Å². The first-order valence-electron chi connectivity index (χ1n) is 10.4. The lowest BCUT2D eigenvalue weighted by atomic mass is 10.1. The molecule has 4 rings (SSSR count). The predicted octanol–water partition coefficient (Wildman–Crippen LogP) is 1.83. The molecule has 3 heterocycles. The molecule has 0 bridgehead atoms. The van der Waals surface area contributed by atoms with Gasteiger partial charge in [0.15, 0.2) is 11.2 Å². The Morgan fingerprint density at radius 2 is 1.97 bits per heavy atom. The molecule has 0 saturated carbocycles. The summed E-state index contributed by atoms with van der Waals surface area (Å²) in [5.74, 6) is -0.120. The Hall–Kier alpha value is -3.95. The minimum absolute atomic E-state index is 0.125. The number of aromatic nitrogens is 6. The van der Waals surface area contributed by atoms with Gasteiger partial charge in [-0.2, -0.15) is 5.10 Å². The molecule has 0 amide bonds. The van der Waals surface area contributed by atoms with Crippen molar-refractivity contribution in [3.8, 4) is 0 Å². The highest BCUT2D eigenvalue weighted by Gasteiger charge is 2.18. The number of H-pyrrole nitrogens is 1. The monoisotopic (exact) mass is 436 g/mol. The number of hydrogen-bond acceptors (Lipinski definition) is 6. The fourth-order valence-electron chi connectivity index (χ4n) is 3.48. The molecular weight excluding hydrogens is 412 g/mol. The molecule has 0 saturated heterocycles. The third kappa shape index (κ3) is 4.25. The van der Waals surface area contributed by atoms with Gasteiger partial charge in [-0.1, -0.05) is 25.5 Å². The Balaban J connectivity index is 1.50. The SMILES string of the molecule is CCCCn1c(=O)[nH]c(=O)c2c1nc(COC(=O)c1ccc(Cn3cccn3)cc1)n2C. The number of unbranched alkanes of at least 4 members (excludes halogenated alkanes) is 1. The lowest BCUT2D eigenvalue weighted by molar-refractivity contribution is 0.0459. The zero-order valence-electron chi connectivity index (χ0n) is 17.9. The first-order chi connectivity index (χ1) is 15.5. The fourth-order valence-corrected chi connectivity index (χ4v) is 3.48. The second-order valence-corrected chi connectivity index (χ2v) is 7.50. The van der Waals surface area contributed by atoms with Crippen LogP contribution in [0.4, 0.5) is 0 Å². The largest absolute Gasteiger partial charge is 0.454 e. The topological polar surface area (TPSA) is 117 Å². The Morgan fingerprint density at radius 1 is 1.19 bits per heavy atom. The summed E-state index contributed by atoms with van der Waals surface area (Å²) in [7, 11) is 1.66. The first-order valence-corrected chi connectivity index (χ1v) is 10.4. The van der Waals surface area contributed by atoms with Gasteiger partial charge in [0.2, 0.25) is 0 Å². The van der Waals surface area contributed by atoms with E-state index in [1.165, 1.54) is 4.57 Å². The van der Waals surface area contributed by atoms with Crippen LogP contribution in [-0.4, -0.2) is 34.9 Å². The van der Waals surface area contributed by atoms with Crippen LogP contribution in [0.25, 0.3) is 11.2 Å². The molecule has 4 aromatic rings. The van der Waals surface area contributed by atoms with Crippen molar-refractivity contribution in [2.75, 3.05) is 0 Å². The maximum Gasteiger partial charge on any atom is 0.338 e. The van der Waals surface area contributed by atoms with Gasteiger partial charge in [-0.15, -0.1) is 0 Å². The van der Waals surface area contributed by atoms with Crippen molar-refractivity contribution < 1.29 is 9.53 Å². The van der Waals surface area contributed by atoms with E-state index in [2.05, 4.69) is 15.1 Å². The predicted molar refractivity (Wildman–Crippen MR) is 117 cm³/mol. The smallest absolute Gasteiger partial charge is 0.338 e. The molecule has 32 heavy (non-hydrogen) atoms. The van der Waals surface area contributed by atoms with Crippen LogP contribution in [0.1, 0.15) is 41.5 Å². The average Bonchev–Trinajstić information content (AvgIpc) is 3.40. The Kier molecular flexibility index (Phi) is 6.02. The van der Waals surface area contributed by atoms with E-state index < -0.39 is 17.2 Å². The maximum absolute atomic E-state index is 12.5. The molecule has 0 aliphatic carbocycles. The summed E-state index contributed by atoms with van der Waals surface area (Å²) in [6.07, 6.45) is 5.25. The number of ether oxygens (including phenoxy) is 1. The molecule has 0 aliphatic rings. The highest BCUT2D eigenvalue weighted by molar-refractivity contribution is 5.89. The zero-order valence-corrected chi connectivity index (χ0v) is 17.9. The molecule has 0 unspecified atom stereocenters. The highest BCUT2D eigenvalue weighted by atomic mass is 16.5. The number of hydrogen-bond donors (Lipinski definition) is 1. The average molecular weight is 436 g/mol. The van der Waals surface area contributed by atoms with Crippen molar-refractivity contribution in [1.29, 1.82) is 0 Å². The number of carbonyl (C=O) groups is 1. The molecule has 0 radical (unpaired) electrons. The van der Waals surface area contributed by atoms with Gasteiger partial charge >= 0.3 is 11.7 Å². The number of aromatic amines is 1. The van der Waals surface area contributed by atoms with Crippen LogP contribution < -0.4 is 11.2 Å². The van der Waals surface area contributed by atoms with E-state index in [1.807, 2.05) is 31.3 Å². The third-order valence-corrected chi connectivity index (χ3v) is 5.27. The van der Waals surface area contributed by atoms with Crippen molar-refractivity contribution >= 4 is 17.1 Å². The molecule has 3 aromatic heterocycles. The minimum Gasteiger partial charge on any atom is -0.454 e. The lowest BCUT2D eigenvalue weighted by Crippen LogP contribution is -2.31. The number of rotatable bonds is 8. The van der Waals surface area contributed by atoms with Gasteiger partial charge in [-0.3, -0.25) is 19.0 Å². The summed E-state index contributed by atoms with van der Waals surface area (Å²) < 4.78 is 10.2. The number of esters is 1. The number of aryl methyl sites for hydroxylation is 2. The number of carbonyl (C=O) groups excluding carboxylic acids is 1. The summed E-state index contributed by atoms with van der Waals surface area (Å²) in [6.45, 7) is 2.95. The Labute approximate surface area is 183 Å². The molecule has 10 nitrogen and oxygen atoms in total. The maximum atomic E-state index is 12.5. The second kappa shape index (κ2) is 9.04. The van der Waals surface area contributed by atoms with Crippen LogP contribution in [0, 0.1) is 0 Å². The van der Waals surface area contributed by atoms with Crippen molar-refractivity contribution in [2.24, 2.45) is 7.05 Å². The van der Waals surface area contributed by atoms with E-state index >= 15 is 0 Å². The van der Waals surface area contributed by atoms with Crippen molar-refractivity contribution in [1.82, 2.24) is 28.9 Å². The highest BCUT2D eigenvalue weighted by Crippen LogP contribution is 2.13. The number of imidazole rings is 1. The summed E-state index contributed by atoms with van der Waals surface area (Å²) in [5, 5.41) is 4.16. The fraction of sp³-hybridized carbons (Fsp3) is 0.318. The molecule has 0 fully saturated rings. The summed E-state index contributed by atoms with van der Waals surface area (Å²) in [4.78, 5) is 43.8. The van der Waals surface area contributed by atoms with Crippen LogP contribution in [-0.2, 0) is 31.5 Å². The number of fused-ring (bicyclic) bond motifs is 1. The van der Waals surface area contributed by atoms with E-state index in [9.17, 15) is 14.4 Å². The van der Waals surface area contributed by atoms with Gasteiger partial charge in [-0.05, 0) is 30.2 Å². The van der Waals surface area contributed by atoms with E-state index in [0.717, 1.165) is 18.4 Å². The van der Waals surface area contributed by atoms with Crippen LogP contribution in [0.5, 0.6) is 0 Å². The van der Waals surface area contributed by atoms with Gasteiger partial charge < -0.3 is 9.30 Å². The third-order valence-electron chi connectivity index (χ3n) is 5.27. The zero-order chi connectivity index (χ0) is 22.7. The van der Waals surface area contributed by atoms with Crippen molar-refractivity contribution in [2.45, 2.75) is 39.5 Å². The molecule has 10 heteroatoms. The van der Waals surface area contributed by atoms with Crippen LogP contribution in [0.3, 0.4) is 0 Å². The minimum atomic E-state index is -0.516. The first kappa shape index (κ1) is 21.3. The Morgan fingerprint density at radius 3 is 2.66 bits per heavy atom. The van der Waals surface area contributed by atoms with Gasteiger partial charge in [0.25, 0.3) is 5.56 Å². The Bertz CT molecular complexity index is 1350. The lowest BCUT2D eigenvalue weighted by Gasteiger charge is -2.06. The van der Waals surface area contributed by atoms with E-state index in [4.69, 9.17) is 4.74 Å². The van der Waals surface area contributed by atoms with E-state index in [-0.39, 0.29) is 12.1 Å². The van der Waals surface area contributed by atoms with E-state index in [0.29, 0.717) is 30.1 Å². The summed E-state index contributed by atoms with van der Waals surface area (Å²) in [6, 6.07) is 8.94. The summed E-state index contributed by atoms with van der Waals surface area (Å²) >= 11 is 0. The molecule has 0 atom stereocenters. The van der Waals surface area contributed by atoms with Crippen LogP contribution in [0.15, 0.2) is 52.3 Å². The molecular formula is C22H24N6O4. The van der Waals surface area contributed by atoms with Crippen LogP contribution in [0.2, 0.25) is 0 Å². The molecule has 166 valence electrons. The molecule has 1 N–H and O–H groups in total. The van der Waals surface area contributed by atoms with Gasteiger partial charge in [0, 0.05) is 26.0 Å². The van der Waals surface area contributed by atoms with Gasteiger partial charge in [-0.25, -0.2) is 14.6 Å². The van der Waals surface area contributed by atoms with Gasteiger partial charge in [0.1, 0.15) is 12.4 Å². The van der Waals surface area contributed by atoms with Crippen molar-refractivity contribution in [3.63, 3.8) is 0 Å². The summed E-state index contributed by atoms with van der Waals surface area (Å²) in [5.41, 5.74) is 0.972. The number of nitrogens with one attached hydrogen (secondary N) is 1. The normalized spacial score (nSPS) is 11.2. The second-order valence-electron chi connectivity index (χ2n) is 7.50. The number of nitrogens with zero attached hydrogens (tertiary/aromatic N) is 5. The standard InChI is InChI=1S/C22H24N6O4/c1-3-4-12-28-19-18(20(29)25-22(28)31)26(2)17(24-19)14-32-21(30)16-8-6-15(7-9-16)13-27-11-5-10-23-27/h5-11H,3-4,12-14H2,1-2H3,(H,25,29,31). The number of benzene rings is 1. The molecule has 1 aromatic carbocycles. The quantitative estimate of drug-likeness (QED) is 0.421. The van der Waals surface area contributed by atoms with Gasteiger partial charge in [0.05, 0.1) is 12.1 Å².